The van der Waals surface area contributed by atoms with Crippen LogP contribution in [0, 0.1) is 6.92 Å². The fourth-order valence-corrected chi connectivity index (χ4v) is 2.65. The summed E-state index contributed by atoms with van der Waals surface area (Å²) < 4.78 is 0. The minimum absolute atomic E-state index is 0.661. The van der Waals surface area contributed by atoms with Gasteiger partial charge in [0.1, 0.15) is 0 Å². The number of aryl methyl sites for hydroxylation is 1. The summed E-state index contributed by atoms with van der Waals surface area (Å²) >= 11 is 0. The van der Waals surface area contributed by atoms with Crippen LogP contribution in [-0.2, 0) is 0 Å². The molecule has 1 fully saturated rings. The fourth-order valence-electron chi connectivity index (χ4n) is 2.65. The molecule has 3 heteroatoms. The van der Waals surface area contributed by atoms with Crippen molar-refractivity contribution in [1.82, 2.24) is 4.90 Å². The van der Waals surface area contributed by atoms with Crippen molar-refractivity contribution in [3.05, 3.63) is 23.8 Å². The highest BCUT2D eigenvalue weighted by molar-refractivity contribution is 5.59. The van der Waals surface area contributed by atoms with Gasteiger partial charge in [-0.1, -0.05) is 0 Å². The molecule has 2 rings (SSSR count). The summed E-state index contributed by atoms with van der Waals surface area (Å²) in [5, 5.41) is 0. The van der Waals surface area contributed by atoms with Crippen LogP contribution in [0.4, 0.5) is 11.4 Å². The van der Waals surface area contributed by atoms with Crippen molar-refractivity contribution >= 4 is 11.4 Å². The zero-order valence-corrected chi connectivity index (χ0v) is 11.1. The molecule has 17 heavy (non-hydrogen) atoms. The van der Waals surface area contributed by atoms with Gasteiger partial charge < -0.3 is 15.5 Å². The van der Waals surface area contributed by atoms with E-state index in [0.29, 0.717) is 6.04 Å². The summed E-state index contributed by atoms with van der Waals surface area (Å²) in [6.07, 6.45) is 2.49. The van der Waals surface area contributed by atoms with E-state index in [1.807, 2.05) is 6.07 Å². The van der Waals surface area contributed by atoms with Gasteiger partial charge in [-0.2, -0.15) is 0 Å². The second-order valence-electron chi connectivity index (χ2n) is 5.19. The van der Waals surface area contributed by atoms with Gasteiger partial charge in [0.25, 0.3) is 0 Å². The van der Waals surface area contributed by atoms with Gasteiger partial charge in [0.05, 0.1) is 0 Å². The van der Waals surface area contributed by atoms with Gasteiger partial charge in [-0.3, -0.25) is 0 Å². The summed E-state index contributed by atoms with van der Waals surface area (Å²) in [6, 6.07) is 6.85. The van der Waals surface area contributed by atoms with Crippen molar-refractivity contribution in [2.75, 3.05) is 37.8 Å². The molecule has 1 aromatic carbocycles. The van der Waals surface area contributed by atoms with Crippen LogP contribution in [0.1, 0.15) is 18.4 Å². The van der Waals surface area contributed by atoms with E-state index in [4.69, 9.17) is 5.73 Å². The first-order valence-corrected chi connectivity index (χ1v) is 6.35. The summed E-state index contributed by atoms with van der Waals surface area (Å²) in [4.78, 5) is 4.82. The van der Waals surface area contributed by atoms with E-state index in [2.05, 4.69) is 43.0 Å². The zero-order valence-electron chi connectivity index (χ0n) is 11.1. The molecule has 0 amide bonds. The Morgan fingerprint density at radius 2 is 1.94 bits per heavy atom. The summed E-state index contributed by atoms with van der Waals surface area (Å²) in [5.41, 5.74) is 9.23. The molecule has 0 unspecified atom stereocenters. The Labute approximate surface area is 104 Å². The molecule has 0 radical (unpaired) electrons. The van der Waals surface area contributed by atoms with Crippen LogP contribution in [-0.4, -0.2) is 38.1 Å². The summed E-state index contributed by atoms with van der Waals surface area (Å²) in [5.74, 6) is 0. The summed E-state index contributed by atoms with van der Waals surface area (Å²) in [7, 11) is 4.40. The van der Waals surface area contributed by atoms with E-state index in [0.717, 1.165) is 5.69 Å². The second-order valence-corrected chi connectivity index (χ2v) is 5.19. The molecule has 0 atom stereocenters. The molecule has 0 aromatic heterocycles. The lowest BCUT2D eigenvalue weighted by Crippen LogP contribution is -2.42. The van der Waals surface area contributed by atoms with Gasteiger partial charge in [-0.25, -0.2) is 0 Å². The number of hydrogen-bond donors (Lipinski definition) is 1. The molecule has 1 aliphatic rings. The van der Waals surface area contributed by atoms with Crippen LogP contribution >= 0.6 is 0 Å². The number of anilines is 2. The van der Waals surface area contributed by atoms with Crippen LogP contribution in [0.3, 0.4) is 0 Å². The lowest BCUT2D eigenvalue weighted by Gasteiger charge is -2.37. The standard InChI is InChI=1S/C14H23N3/c1-11-10-12(15)4-5-14(11)17(3)13-6-8-16(2)9-7-13/h4-5,10,13H,6-9,15H2,1-3H3. The summed E-state index contributed by atoms with van der Waals surface area (Å²) in [6.45, 7) is 4.53. The third-order valence-corrected chi connectivity index (χ3v) is 3.84. The van der Waals surface area contributed by atoms with Crippen LogP contribution in [0.2, 0.25) is 0 Å². The molecule has 0 saturated carbocycles. The molecule has 1 heterocycles. The molecule has 1 aliphatic heterocycles. The van der Waals surface area contributed by atoms with Crippen LogP contribution in [0.5, 0.6) is 0 Å². The number of hydrogen-bond acceptors (Lipinski definition) is 3. The molecule has 2 N–H and O–H groups in total. The number of rotatable bonds is 2. The predicted molar refractivity (Wildman–Crippen MR) is 74.5 cm³/mol. The highest BCUT2D eigenvalue weighted by Crippen LogP contribution is 2.26. The van der Waals surface area contributed by atoms with E-state index in [1.165, 1.54) is 37.2 Å². The molecule has 94 valence electrons. The van der Waals surface area contributed by atoms with E-state index in [1.54, 1.807) is 0 Å². The first kappa shape index (κ1) is 12.2. The molecular weight excluding hydrogens is 210 g/mol. The van der Waals surface area contributed by atoms with Crippen molar-refractivity contribution in [3.8, 4) is 0 Å². The maximum atomic E-state index is 5.80. The van der Waals surface area contributed by atoms with Crippen molar-refractivity contribution in [2.24, 2.45) is 0 Å². The van der Waals surface area contributed by atoms with Gasteiger partial charge in [-0.15, -0.1) is 0 Å². The quantitative estimate of drug-likeness (QED) is 0.794. The average Bonchev–Trinajstić information content (AvgIpc) is 2.29. The fraction of sp³-hybridized carbons (Fsp3) is 0.571. The number of nitrogen functional groups attached to an aromatic ring is 1. The Kier molecular flexibility index (Phi) is 3.57. The lowest BCUT2D eigenvalue weighted by atomic mass is 10.0. The maximum absolute atomic E-state index is 5.80. The molecule has 1 saturated heterocycles. The Balaban J connectivity index is 2.11. The normalized spacial score (nSPS) is 18.3. The number of likely N-dealkylation sites (tertiary alicyclic amines) is 1. The highest BCUT2D eigenvalue weighted by Gasteiger charge is 2.21. The number of nitrogens with two attached hydrogens (primary N) is 1. The zero-order chi connectivity index (χ0) is 12.4. The Hall–Kier alpha value is -1.22. The Morgan fingerprint density at radius 3 is 2.53 bits per heavy atom. The van der Waals surface area contributed by atoms with Gasteiger partial charge in [0.15, 0.2) is 0 Å². The monoisotopic (exact) mass is 233 g/mol. The largest absolute Gasteiger partial charge is 0.399 e. The van der Waals surface area contributed by atoms with Gasteiger partial charge in [0, 0.05) is 24.5 Å². The molecular formula is C14H23N3. The third kappa shape index (κ3) is 2.72. The molecule has 0 spiro atoms. The van der Waals surface area contributed by atoms with Crippen LogP contribution in [0.15, 0.2) is 18.2 Å². The topological polar surface area (TPSA) is 32.5 Å². The smallest absolute Gasteiger partial charge is 0.0397 e. The Morgan fingerprint density at radius 1 is 1.29 bits per heavy atom. The predicted octanol–water partition coefficient (Wildman–Crippen LogP) is 2.11. The van der Waals surface area contributed by atoms with E-state index < -0.39 is 0 Å². The molecule has 3 nitrogen and oxygen atoms in total. The van der Waals surface area contributed by atoms with E-state index in [9.17, 15) is 0 Å². The molecule has 0 aliphatic carbocycles. The first-order chi connectivity index (χ1) is 8.08. The minimum Gasteiger partial charge on any atom is -0.399 e. The lowest BCUT2D eigenvalue weighted by molar-refractivity contribution is 0.253. The Bertz CT molecular complexity index is 381. The number of piperidine rings is 1. The molecule has 0 bridgehead atoms. The van der Waals surface area contributed by atoms with Crippen molar-refractivity contribution < 1.29 is 0 Å². The number of nitrogens with zero attached hydrogens (tertiary/aromatic N) is 2. The van der Waals surface area contributed by atoms with Crippen LogP contribution < -0.4 is 10.6 Å². The number of benzene rings is 1. The third-order valence-electron chi connectivity index (χ3n) is 3.84. The van der Waals surface area contributed by atoms with Crippen molar-refractivity contribution in [3.63, 3.8) is 0 Å². The van der Waals surface area contributed by atoms with E-state index in [-0.39, 0.29) is 0 Å². The minimum atomic E-state index is 0.661. The van der Waals surface area contributed by atoms with Crippen LogP contribution in [0.25, 0.3) is 0 Å². The SMILES string of the molecule is Cc1cc(N)ccc1N(C)C1CCN(C)CC1. The molecule has 1 aromatic rings. The first-order valence-electron chi connectivity index (χ1n) is 6.35. The maximum Gasteiger partial charge on any atom is 0.0397 e. The van der Waals surface area contributed by atoms with Crippen molar-refractivity contribution in [2.45, 2.75) is 25.8 Å². The van der Waals surface area contributed by atoms with Gasteiger partial charge in [0.2, 0.25) is 0 Å². The van der Waals surface area contributed by atoms with Gasteiger partial charge >= 0.3 is 0 Å². The second kappa shape index (κ2) is 4.96. The van der Waals surface area contributed by atoms with E-state index >= 15 is 0 Å². The van der Waals surface area contributed by atoms with Gasteiger partial charge in [-0.05, 0) is 63.7 Å². The van der Waals surface area contributed by atoms with Crippen molar-refractivity contribution in [1.29, 1.82) is 0 Å². The average molecular weight is 233 g/mol. The highest BCUT2D eigenvalue weighted by atomic mass is 15.2.